The molecule has 0 saturated heterocycles. The molecule has 1 saturated carbocycles. The van der Waals surface area contributed by atoms with Crippen LogP contribution in [0, 0.1) is 11.8 Å². The van der Waals surface area contributed by atoms with Crippen molar-refractivity contribution in [2.45, 2.75) is 51.5 Å². The second kappa shape index (κ2) is 8.14. The number of carbonyl (C=O) groups is 2. The number of carboxylic acids is 1. The summed E-state index contributed by atoms with van der Waals surface area (Å²) in [6, 6.07) is 10.4. The van der Waals surface area contributed by atoms with E-state index in [0.717, 1.165) is 12.8 Å². The van der Waals surface area contributed by atoms with Crippen molar-refractivity contribution in [3.63, 3.8) is 0 Å². The van der Waals surface area contributed by atoms with E-state index in [4.69, 9.17) is 5.11 Å². The fourth-order valence-corrected chi connectivity index (χ4v) is 3.50. The Morgan fingerprint density at radius 1 is 1.13 bits per heavy atom. The molecule has 4 heteroatoms. The molecule has 1 aromatic rings. The van der Waals surface area contributed by atoms with Crippen LogP contribution in [0.3, 0.4) is 0 Å². The summed E-state index contributed by atoms with van der Waals surface area (Å²) in [4.78, 5) is 25.7. The Kier molecular flexibility index (Phi) is 6.20. The topological polar surface area (TPSA) is 57.6 Å². The van der Waals surface area contributed by atoms with Gasteiger partial charge >= 0.3 is 5.97 Å². The normalized spacial score (nSPS) is 22.3. The fourth-order valence-electron chi connectivity index (χ4n) is 3.50. The summed E-state index contributed by atoms with van der Waals surface area (Å²) in [5.41, 5.74) is 1.24. The highest BCUT2D eigenvalue weighted by Gasteiger charge is 2.32. The van der Waals surface area contributed by atoms with Crippen LogP contribution < -0.4 is 0 Å². The highest BCUT2D eigenvalue weighted by atomic mass is 16.4. The molecule has 4 nitrogen and oxygen atoms in total. The molecule has 1 atom stereocenters. The number of hydrogen-bond acceptors (Lipinski definition) is 2. The number of likely N-dealkylation sites (N-methyl/N-ethyl adjacent to an activating group) is 1. The molecule has 1 amide bonds. The summed E-state index contributed by atoms with van der Waals surface area (Å²) in [5, 5.41) is 9.07. The zero-order chi connectivity index (χ0) is 16.8. The van der Waals surface area contributed by atoms with E-state index < -0.39 is 5.97 Å². The minimum absolute atomic E-state index is 0.0135. The number of benzene rings is 1. The van der Waals surface area contributed by atoms with Crippen LogP contribution in [0.4, 0.5) is 0 Å². The lowest BCUT2D eigenvalue weighted by atomic mass is 9.81. The number of amides is 1. The first-order valence-electron chi connectivity index (χ1n) is 8.56. The van der Waals surface area contributed by atoms with E-state index in [1.54, 1.807) is 0 Å². The molecule has 1 unspecified atom stereocenters. The van der Waals surface area contributed by atoms with Crippen LogP contribution in [0.5, 0.6) is 0 Å². The molecule has 0 spiro atoms. The maximum Gasteiger partial charge on any atom is 0.306 e. The van der Waals surface area contributed by atoms with Crippen molar-refractivity contribution in [3.05, 3.63) is 35.9 Å². The number of rotatable bonds is 6. The predicted octanol–water partition coefficient (Wildman–Crippen LogP) is 3.36. The van der Waals surface area contributed by atoms with Gasteiger partial charge in [0.05, 0.1) is 5.92 Å². The number of carbonyl (C=O) groups excluding carboxylic acids is 1. The zero-order valence-corrected chi connectivity index (χ0v) is 14.1. The Morgan fingerprint density at radius 3 is 2.22 bits per heavy atom. The fraction of sp³-hybridized carbons (Fsp3) is 0.579. The SMILES string of the molecule is CCC(Cc1ccccc1)N(C)C(=O)C1CCC(C(=O)O)CC1. The summed E-state index contributed by atoms with van der Waals surface area (Å²) >= 11 is 0. The minimum Gasteiger partial charge on any atom is -0.481 e. The van der Waals surface area contributed by atoms with Crippen molar-refractivity contribution < 1.29 is 14.7 Å². The lowest BCUT2D eigenvalue weighted by molar-refractivity contribution is -0.146. The van der Waals surface area contributed by atoms with Crippen LogP contribution in [-0.2, 0) is 16.0 Å². The van der Waals surface area contributed by atoms with E-state index in [1.165, 1.54) is 5.56 Å². The predicted molar refractivity (Wildman–Crippen MR) is 90.1 cm³/mol. The average molecular weight is 317 g/mol. The van der Waals surface area contributed by atoms with Crippen molar-refractivity contribution in [3.8, 4) is 0 Å². The standard InChI is InChI=1S/C19H27NO3/c1-3-17(13-14-7-5-4-6-8-14)20(2)18(21)15-9-11-16(12-10-15)19(22)23/h4-8,15-17H,3,9-13H2,1-2H3,(H,22,23). The van der Waals surface area contributed by atoms with Crippen molar-refractivity contribution in [2.24, 2.45) is 11.8 Å². The summed E-state index contributed by atoms with van der Waals surface area (Å²) in [7, 11) is 1.89. The van der Waals surface area contributed by atoms with Gasteiger partial charge in [-0.25, -0.2) is 0 Å². The quantitative estimate of drug-likeness (QED) is 0.875. The second-order valence-electron chi connectivity index (χ2n) is 6.59. The van der Waals surface area contributed by atoms with E-state index in [9.17, 15) is 9.59 Å². The maximum absolute atomic E-state index is 12.7. The van der Waals surface area contributed by atoms with Crippen molar-refractivity contribution >= 4 is 11.9 Å². The number of nitrogens with zero attached hydrogens (tertiary/aromatic N) is 1. The first-order chi connectivity index (χ1) is 11.0. The summed E-state index contributed by atoms with van der Waals surface area (Å²) in [6.45, 7) is 2.11. The first kappa shape index (κ1) is 17.5. The minimum atomic E-state index is -0.722. The lowest BCUT2D eigenvalue weighted by Crippen LogP contribution is -2.42. The van der Waals surface area contributed by atoms with Gasteiger partial charge in [0.2, 0.25) is 5.91 Å². The molecule has 1 N–H and O–H groups in total. The van der Waals surface area contributed by atoms with E-state index in [-0.39, 0.29) is 23.8 Å². The molecule has 126 valence electrons. The van der Waals surface area contributed by atoms with Gasteiger partial charge in [0, 0.05) is 19.0 Å². The van der Waals surface area contributed by atoms with Crippen molar-refractivity contribution in [2.75, 3.05) is 7.05 Å². The molecule has 1 aromatic carbocycles. The van der Waals surface area contributed by atoms with Gasteiger partial charge in [0.25, 0.3) is 0 Å². The third-order valence-corrected chi connectivity index (χ3v) is 5.11. The summed E-state index contributed by atoms with van der Waals surface area (Å²) in [5.74, 6) is -0.826. The number of aliphatic carboxylic acids is 1. The Balaban J connectivity index is 1.93. The highest BCUT2D eigenvalue weighted by molar-refractivity contribution is 5.79. The number of carboxylic acid groups (broad SMARTS) is 1. The third kappa shape index (κ3) is 4.57. The molecule has 1 aliphatic carbocycles. The Hall–Kier alpha value is -1.84. The molecule has 0 radical (unpaired) electrons. The first-order valence-corrected chi connectivity index (χ1v) is 8.56. The smallest absolute Gasteiger partial charge is 0.306 e. The largest absolute Gasteiger partial charge is 0.481 e. The van der Waals surface area contributed by atoms with Gasteiger partial charge in [-0.3, -0.25) is 9.59 Å². The van der Waals surface area contributed by atoms with Crippen LogP contribution in [0.25, 0.3) is 0 Å². The van der Waals surface area contributed by atoms with Crippen LogP contribution in [-0.4, -0.2) is 35.0 Å². The van der Waals surface area contributed by atoms with Gasteiger partial charge < -0.3 is 10.0 Å². The van der Waals surface area contributed by atoms with E-state index in [1.807, 2.05) is 30.1 Å². The van der Waals surface area contributed by atoms with Gasteiger partial charge in [-0.1, -0.05) is 37.3 Å². The van der Waals surface area contributed by atoms with Crippen molar-refractivity contribution in [1.82, 2.24) is 4.90 Å². The summed E-state index contributed by atoms with van der Waals surface area (Å²) < 4.78 is 0. The second-order valence-corrected chi connectivity index (χ2v) is 6.59. The molecule has 0 aliphatic heterocycles. The van der Waals surface area contributed by atoms with E-state index >= 15 is 0 Å². The van der Waals surface area contributed by atoms with Crippen LogP contribution in [0.2, 0.25) is 0 Å². The van der Waals surface area contributed by atoms with Gasteiger partial charge in [0.15, 0.2) is 0 Å². The zero-order valence-electron chi connectivity index (χ0n) is 14.1. The van der Waals surface area contributed by atoms with Gasteiger partial charge in [0.1, 0.15) is 0 Å². The molecule has 0 aromatic heterocycles. The molecular weight excluding hydrogens is 290 g/mol. The molecule has 0 bridgehead atoms. The maximum atomic E-state index is 12.7. The van der Waals surface area contributed by atoms with Crippen LogP contribution >= 0.6 is 0 Å². The Labute approximate surface area is 138 Å². The molecule has 2 rings (SSSR count). The lowest BCUT2D eigenvalue weighted by Gasteiger charge is -2.33. The van der Waals surface area contributed by atoms with Gasteiger partial charge in [-0.05, 0) is 44.1 Å². The van der Waals surface area contributed by atoms with Crippen LogP contribution in [0.15, 0.2) is 30.3 Å². The molecule has 0 heterocycles. The van der Waals surface area contributed by atoms with Gasteiger partial charge in [-0.2, -0.15) is 0 Å². The molecule has 1 fully saturated rings. The van der Waals surface area contributed by atoms with Gasteiger partial charge in [-0.15, -0.1) is 0 Å². The molecule has 23 heavy (non-hydrogen) atoms. The van der Waals surface area contributed by atoms with E-state index in [2.05, 4.69) is 19.1 Å². The highest BCUT2D eigenvalue weighted by Crippen LogP contribution is 2.30. The summed E-state index contributed by atoms with van der Waals surface area (Å²) in [6.07, 6.45) is 4.42. The number of hydrogen-bond donors (Lipinski definition) is 1. The average Bonchev–Trinajstić information content (AvgIpc) is 2.59. The monoisotopic (exact) mass is 317 g/mol. The molecule has 1 aliphatic rings. The van der Waals surface area contributed by atoms with Crippen LogP contribution in [0.1, 0.15) is 44.6 Å². The Morgan fingerprint density at radius 2 is 1.70 bits per heavy atom. The van der Waals surface area contributed by atoms with Crippen molar-refractivity contribution in [1.29, 1.82) is 0 Å². The molecular formula is C19H27NO3. The van der Waals surface area contributed by atoms with E-state index in [0.29, 0.717) is 25.7 Å². The Bertz CT molecular complexity index is 521. The third-order valence-electron chi connectivity index (χ3n) is 5.11.